The summed E-state index contributed by atoms with van der Waals surface area (Å²) in [5.74, 6) is 0.733. The van der Waals surface area contributed by atoms with Gasteiger partial charge in [-0.15, -0.1) is 0 Å². The number of rotatable bonds is 3. The summed E-state index contributed by atoms with van der Waals surface area (Å²) in [5, 5.41) is 9.76. The molecule has 2 aliphatic rings. The predicted molar refractivity (Wildman–Crippen MR) is 78.1 cm³/mol. The Labute approximate surface area is 124 Å². The predicted octanol–water partition coefficient (Wildman–Crippen LogP) is 1.57. The Bertz CT molecular complexity index is 572. The van der Waals surface area contributed by atoms with Crippen LogP contribution < -0.4 is 4.74 Å². The number of aliphatic hydroxyl groups is 1. The maximum absolute atomic E-state index is 12.6. The van der Waals surface area contributed by atoms with Gasteiger partial charge >= 0.3 is 0 Å². The third-order valence-corrected chi connectivity index (χ3v) is 5.15. The second kappa shape index (κ2) is 4.70. The molecule has 5 nitrogen and oxygen atoms in total. The van der Waals surface area contributed by atoms with Crippen LogP contribution in [0, 0.1) is 16.7 Å². The molecule has 2 heterocycles. The van der Waals surface area contributed by atoms with Crippen LogP contribution in [-0.2, 0) is 0 Å². The fraction of sp³-hybridized carbons (Fsp3) is 0.625. The number of hydrogen-bond acceptors (Lipinski definition) is 4. The smallest absolute Gasteiger partial charge is 0.272 e. The minimum Gasteiger partial charge on any atom is -0.481 e. The molecule has 2 fully saturated rings. The van der Waals surface area contributed by atoms with E-state index in [1.165, 1.54) is 7.11 Å². The van der Waals surface area contributed by atoms with Gasteiger partial charge in [-0.2, -0.15) is 0 Å². The van der Waals surface area contributed by atoms with E-state index in [2.05, 4.69) is 18.8 Å². The summed E-state index contributed by atoms with van der Waals surface area (Å²) >= 11 is 0. The largest absolute Gasteiger partial charge is 0.481 e. The first-order valence-corrected chi connectivity index (χ1v) is 7.33. The minimum atomic E-state index is -0.113. The maximum atomic E-state index is 12.6. The molecule has 0 radical (unpaired) electrons. The van der Waals surface area contributed by atoms with Crippen LogP contribution in [0.3, 0.4) is 0 Å². The quantitative estimate of drug-likeness (QED) is 0.918. The number of aliphatic hydroxyl groups excluding tert-OH is 1. The average molecular weight is 290 g/mol. The highest BCUT2D eigenvalue weighted by Crippen LogP contribution is 2.62. The van der Waals surface area contributed by atoms with Crippen LogP contribution in [0.1, 0.15) is 30.8 Å². The summed E-state index contributed by atoms with van der Waals surface area (Å²) in [6.45, 7) is 5.89. The second-order valence-electron chi connectivity index (χ2n) is 6.99. The Balaban J connectivity index is 1.81. The Morgan fingerprint density at radius 1 is 1.52 bits per heavy atom. The van der Waals surface area contributed by atoms with Gasteiger partial charge in [0.1, 0.15) is 5.69 Å². The molecule has 0 bridgehead atoms. The molecule has 1 aromatic rings. The molecule has 1 N–H and O–H groups in total. The lowest BCUT2D eigenvalue weighted by Gasteiger charge is -2.55. The number of fused-ring (bicyclic) bond motifs is 1. The number of likely N-dealkylation sites (tertiary alicyclic amines) is 1. The number of amides is 1. The number of carbonyl (C=O) groups is 1. The maximum Gasteiger partial charge on any atom is 0.272 e. The molecule has 114 valence electrons. The molecule has 2 atom stereocenters. The van der Waals surface area contributed by atoms with E-state index in [1.54, 1.807) is 18.2 Å². The van der Waals surface area contributed by atoms with Crippen molar-refractivity contribution in [1.82, 2.24) is 9.88 Å². The van der Waals surface area contributed by atoms with Crippen LogP contribution >= 0.6 is 0 Å². The number of pyridine rings is 1. The highest BCUT2D eigenvalue weighted by atomic mass is 16.5. The molecule has 1 saturated heterocycles. The van der Waals surface area contributed by atoms with E-state index < -0.39 is 0 Å². The molecular weight excluding hydrogens is 268 g/mol. The van der Waals surface area contributed by atoms with Crippen LogP contribution in [-0.4, -0.2) is 47.7 Å². The molecule has 5 heteroatoms. The molecule has 21 heavy (non-hydrogen) atoms. The number of carbonyl (C=O) groups excluding carboxylic acids is 1. The van der Waals surface area contributed by atoms with Crippen molar-refractivity contribution in [2.24, 2.45) is 16.7 Å². The molecular formula is C16H22N2O3. The monoisotopic (exact) mass is 290 g/mol. The Hall–Kier alpha value is -1.62. The molecule has 1 aliphatic heterocycles. The molecule has 0 aromatic carbocycles. The molecule has 1 aliphatic carbocycles. The summed E-state index contributed by atoms with van der Waals surface area (Å²) in [6.07, 6.45) is 0.969. The van der Waals surface area contributed by atoms with Gasteiger partial charge in [-0.05, 0) is 23.8 Å². The van der Waals surface area contributed by atoms with E-state index in [4.69, 9.17) is 4.74 Å². The van der Waals surface area contributed by atoms with Gasteiger partial charge in [0, 0.05) is 24.6 Å². The molecule has 1 amide bonds. The lowest BCUT2D eigenvalue weighted by molar-refractivity contribution is -0.0977. The molecule has 3 rings (SSSR count). The van der Waals surface area contributed by atoms with Crippen molar-refractivity contribution in [1.29, 1.82) is 0 Å². The van der Waals surface area contributed by atoms with Crippen molar-refractivity contribution in [3.05, 3.63) is 23.9 Å². The average Bonchev–Trinajstić information content (AvgIpc) is 2.82. The van der Waals surface area contributed by atoms with E-state index in [9.17, 15) is 9.90 Å². The number of aromatic nitrogens is 1. The van der Waals surface area contributed by atoms with Crippen LogP contribution in [0.2, 0.25) is 0 Å². The number of ether oxygens (including phenoxy) is 1. The fourth-order valence-corrected chi connectivity index (χ4v) is 4.30. The normalized spacial score (nSPS) is 29.7. The first-order chi connectivity index (χ1) is 9.92. The van der Waals surface area contributed by atoms with Crippen LogP contribution in [0.25, 0.3) is 0 Å². The summed E-state index contributed by atoms with van der Waals surface area (Å²) < 4.78 is 5.07. The Morgan fingerprint density at radius 2 is 2.29 bits per heavy atom. The molecule has 0 spiro atoms. The van der Waals surface area contributed by atoms with E-state index in [0.717, 1.165) is 6.42 Å². The van der Waals surface area contributed by atoms with Crippen molar-refractivity contribution in [2.75, 3.05) is 26.8 Å². The number of methoxy groups -OCH3 is 1. The molecule has 1 saturated carbocycles. The standard InChI is InChI=1S/C16H22N2O3/c1-15(2)8-16(10-19)9-18(7-12(15)16)14(20)11-5-4-6-13(17-11)21-3/h4-6,12,19H,7-10H2,1-3H3/t12-,16-/m1/s1. The Morgan fingerprint density at radius 3 is 2.86 bits per heavy atom. The van der Waals surface area contributed by atoms with E-state index in [1.807, 2.05) is 4.90 Å². The molecule has 0 unspecified atom stereocenters. The van der Waals surface area contributed by atoms with E-state index in [-0.39, 0.29) is 23.3 Å². The van der Waals surface area contributed by atoms with Crippen molar-refractivity contribution in [3.63, 3.8) is 0 Å². The summed E-state index contributed by atoms with van der Waals surface area (Å²) in [4.78, 5) is 18.7. The Kier molecular flexibility index (Phi) is 3.20. The van der Waals surface area contributed by atoms with E-state index >= 15 is 0 Å². The van der Waals surface area contributed by atoms with E-state index in [0.29, 0.717) is 30.6 Å². The van der Waals surface area contributed by atoms with Crippen LogP contribution in [0.15, 0.2) is 18.2 Å². The van der Waals surface area contributed by atoms with Gasteiger partial charge in [0.05, 0.1) is 13.7 Å². The summed E-state index contributed by atoms with van der Waals surface area (Å²) in [7, 11) is 1.54. The van der Waals surface area contributed by atoms with Gasteiger partial charge in [0.15, 0.2) is 0 Å². The van der Waals surface area contributed by atoms with Crippen LogP contribution in [0.5, 0.6) is 5.88 Å². The number of nitrogens with zero attached hydrogens (tertiary/aromatic N) is 2. The highest BCUT2D eigenvalue weighted by Gasteiger charge is 2.63. The molecule has 1 aromatic heterocycles. The van der Waals surface area contributed by atoms with Gasteiger partial charge in [-0.25, -0.2) is 4.98 Å². The van der Waals surface area contributed by atoms with Crippen molar-refractivity contribution < 1.29 is 14.6 Å². The van der Waals surface area contributed by atoms with Gasteiger partial charge in [-0.1, -0.05) is 19.9 Å². The lowest BCUT2D eigenvalue weighted by Crippen LogP contribution is -2.54. The van der Waals surface area contributed by atoms with Crippen molar-refractivity contribution in [3.8, 4) is 5.88 Å². The topological polar surface area (TPSA) is 62.7 Å². The third-order valence-electron chi connectivity index (χ3n) is 5.15. The van der Waals surface area contributed by atoms with Gasteiger partial charge in [-0.3, -0.25) is 4.79 Å². The van der Waals surface area contributed by atoms with Crippen molar-refractivity contribution >= 4 is 5.91 Å². The van der Waals surface area contributed by atoms with Gasteiger partial charge in [0.25, 0.3) is 5.91 Å². The zero-order chi connectivity index (χ0) is 15.3. The third kappa shape index (κ3) is 2.11. The summed E-state index contributed by atoms with van der Waals surface area (Å²) in [5.41, 5.74) is 0.485. The SMILES string of the molecule is COc1cccc(C(=O)N2C[C@@H]3C(C)(C)C[C@]3(CO)C2)n1. The summed E-state index contributed by atoms with van der Waals surface area (Å²) in [6, 6.07) is 5.21. The highest BCUT2D eigenvalue weighted by molar-refractivity contribution is 5.92. The zero-order valence-corrected chi connectivity index (χ0v) is 12.8. The number of hydrogen-bond donors (Lipinski definition) is 1. The first kappa shape index (κ1) is 14.3. The van der Waals surface area contributed by atoms with Gasteiger partial charge in [0.2, 0.25) is 5.88 Å². The zero-order valence-electron chi connectivity index (χ0n) is 12.8. The fourth-order valence-electron chi connectivity index (χ4n) is 4.30. The minimum absolute atomic E-state index is 0.0769. The second-order valence-corrected chi connectivity index (χ2v) is 6.99. The van der Waals surface area contributed by atoms with Crippen molar-refractivity contribution in [2.45, 2.75) is 20.3 Å². The van der Waals surface area contributed by atoms with Crippen LogP contribution in [0.4, 0.5) is 0 Å². The van der Waals surface area contributed by atoms with Gasteiger partial charge < -0.3 is 14.7 Å². The lowest BCUT2D eigenvalue weighted by atomic mass is 9.48. The first-order valence-electron chi connectivity index (χ1n) is 7.33.